The van der Waals surface area contributed by atoms with E-state index in [0.29, 0.717) is 17.1 Å². The van der Waals surface area contributed by atoms with Crippen LogP contribution in [0.2, 0.25) is 0 Å². The van der Waals surface area contributed by atoms with Crippen LogP contribution in [0.25, 0.3) is 10.8 Å². The summed E-state index contributed by atoms with van der Waals surface area (Å²) in [5.74, 6) is 0.549. The van der Waals surface area contributed by atoms with Crippen LogP contribution in [0.5, 0.6) is 0 Å². The standard InChI is InChI=1S/C23H23F2N3O/c1-15-7-5-10-18-20(15)19(23(29)28-11-3-2-4-12-28)14-26-22(18)27-17-9-6-8-16(13-17)21(24)25/h5-10,13-14,21H,2-4,11-12H2,1H3,(H,26,27). The Bertz CT molecular complexity index is 1050. The molecule has 2 heterocycles. The number of pyridine rings is 1. The Morgan fingerprint density at radius 3 is 2.62 bits per heavy atom. The number of carbonyl (C=O) groups is 1. The van der Waals surface area contributed by atoms with Crippen molar-refractivity contribution in [3.63, 3.8) is 0 Å². The van der Waals surface area contributed by atoms with E-state index in [4.69, 9.17) is 0 Å². The highest BCUT2D eigenvalue weighted by Crippen LogP contribution is 2.31. The number of fused-ring (bicyclic) bond motifs is 1. The lowest BCUT2D eigenvalue weighted by atomic mass is 10.00. The third kappa shape index (κ3) is 3.92. The maximum absolute atomic E-state index is 13.1. The van der Waals surface area contributed by atoms with Crippen LogP contribution in [-0.2, 0) is 0 Å². The molecule has 0 aliphatic carbocycles. The third-order valence-electron chi connectivity index (χ3n) is 5.40. The average Bonchev–Trinajstić information content (AvgIpc) is 2.74. The van der Waals surface area contributed by atoms with Gasteiger partial charge in [0.15, 0.2) is 0 Å². The molecule has 6 heteroatoms. The van der Waals surface area contributed by atoms with Gasteiger partial charge < -0.3 is 10.2 Å². The molecule has 1 aliphatic rings. The normalized spacial score (nSPS) is 14.4. The second kappa shape index (κ2) is 8.15. The lowest BCUT2D eigenvalue weighted by Crippen LogP contribution is -2.35. The first-order chi connectivity index (χ1) is 14.0. The summed E-state index contributed by atoms with van der Waals surface area (Å²) in [6, 6.07) is 11.9. The van der Waals surface area contributed by atoms with Crippen molar-refractivity contribution in [2.24, 2.45) is 0 Å². The summed E-state index contributed by atoms with van der Waals surface area (Å²) in [7, 11) is 0. The Morgan fingerprint density at radius 2 is 1.86 bits per heavy atom. The molecule has 1 amide bonds. The Labute approximate surface area is 168 Å². The van der Waals surface area contributed by atoms with Crippen LogP contribution in [0.4, 0.5) is 20.3 Å². The quantitative estimate of drug-likeness (QED) is 0.603. The molecule has 4 rings (SSSR count). The average molecular weight is 395 g/mol. The van der Waals surface area contributed by atoms with E-state index < -0.39 is 6.43 Å². The fourth-order valence-electron chi connectivity index (χ4n) is 3.90. The molecule has 0 bridgehead atoms. The van der Waals surface area contributed by atoms with Crippen molar-refractivity contribution >= 4 is 28.2 Å². The Hall–Kier alpha value is -3.02. The van der Waals surface area contributed by atoms with Gasteiger partial charge in [0.2, 0.25) is 0 Å². The molecule has 1 aliphatic heterocycles. The minimum atomic E-state index is -2.53. The molecule has 0 atom stereocenters. The predicted octanol–water partition coefficient (Wildman–Crippen LogP) is 5.85. The number of piperidine rings is 1. The summed E-state index contributed by atoms with van der Waals surface area (Å²) in [4.78, 5) is 19.5. The maximum Gasteiger partial charge on any atom is 0.263 e. The molecule has 1 fully saturated rings. The molecule has 0 unspecified atom stereocenters. The van der Waals surface area contributed by atoms with E-state index >= 15 is 0 Å². The number of nitrogens with one attached hydrogen (secondary N) is 1. The van der Waals surface area contributed by atoms with Crippen molar-refractivity contribution < 1.29 is 13.6 Å². The summed E-state index contributed by atoms with van der Waals surface area (Å²) in [6.07, 6.45) is 2.27. The third-order valence-corrected chi connectivity index (χ3v) is 5.40. The van der Waals surface area contributed by atoms with Gasteiger partial charge in [-0.1, -0.05) is 30.3 Å². The number of alkyl halides is 2. The zero-order valence-corrected chi connectivity index (χ0v) is 16.3. The number of nitrogens with zero attached hydrogens (tertiary/aromatic N) is 2. The van der Waals surface area contributed by atoms with Crippen LogP contribution in [0.3, 0.4) is 0 Å². The molecule has 4 nitrogen and oxygen atoms in total. The van der Waals surface area contributed by atoms with E-state index in [1.54, 1.807) is 18.3 Å². The van der Waals surface area contributed by atoms with Gasteiger partial charge in [0.25, 0.3) is 12.3 Å². The molecule has 0 radical (unpaired) electrons. The summed E-state index contributed by atoms with van der Waals surface area (Å²) in [5, 5.41) is 4.80. The zero-order chi connectivity index (χ0) is 20.4. The number of hydrogen-bond donors (Lipinski definition) is 1. The van der Waals surface area contributed by atoms with Crippen molar-refractivity contribution in [3.8, 4) is 0 Å². The monoisotopic (exact) mass is 395 g/mol. The topological polar surface area (TPSA) is 45.2 Å². The van der Waals surface area contributed by atoms with Crippen LogP contribution in [0.1, 0.15) is 47.2 Å². The van der Waals surface area contributed by atoms with E-state index in [0.717, 1.165) is 48.7 Å². The van der Waals surface area contributed by atoms with Gasteiger partial charge in [-0.25, -0.2) is 13.8 Å². The molecule has 1 aromatic heterocycles. The molecule has 1 N–H and O–H groups in total. The van der Waals surface area contributed by atoms with Gasteiger partial charge in [0, 0.05) is 41.3 Å². The summed E-state index contributed by atoms with van der Waals surface area (Å²) in [5.41, 5.74) is 2.06. The Balaban J connectivity index is 1.75. The first-order valence-corrected chi connectivity index (χ1v) is 9.87. The highest BCUT2D eigenvalue weighted by atomic mass is 19.3. The van der Waals surface area contributed by atoms with E-state index in [1.807, 2.05) is 30.0 Å². The highest BCUT2D eigenvalue weighted by molar-refractivity contribution is 6.10. The lowest BCUT2D eigenvalue weighted by Gasteiger charge is -2.27. The van der Waals surface area contributed by atoms with E-state index in [-0.39, 0.29) is 11.5 Å². The van der Waals surface area contributed by atoms with Crippen molar-refractivity contribution in [1.29, 1.82) is 0 Å². The fraction of sp³-hybridized carbons (Fsp3) is 0.304. The molecule has 150 valence electrons. The zero-order valence-electron chi connectivity index (χ0n) is 16.3. The van der Waals surface area contributed by atoms with Crippen LogP contribution in [0, 0.1) is 6.92 Å². The van der Waals surface area contributed by atoms with Gasteiger partial charge in [-0.2, -0.15) is 0 Å². The molecule has 3 aromatic rings. The summed E-state index contributed by atoms with van der Waals surface area (Å²) >= 11 is 0. The molecular formula is C23H23F2N3O. The first kappa shape index (κ1) is 19.3. The summed E-state index contributed by atoms with van der Waals surface area (Å²) < 4.78 is 26.0. The maximum atomic E-state index is 13.1. The number of halogens is 2. The van der Waals surface area contributed by atoms with Gasteiger partial charge in [0.1, 0.15) is 5.82 Å². The van der Waals surface area contributed by atoms with Crippen molar-refractivity contribution in [2.75, 3.05) is 18.4 Å². The number of amides is 1. The lowest BCUT2D eigenvalue weighted by molar-refractivity contribution is 0.0726. The molecule has 0 spiro atoms. The van der Waals surface area contributed by atoms with E-state index in [1.165, 1.54) is 12.1 Å². The number of aryl methyl sites for hydroxylation is 1. The second-order valence-corrected chi connectivity index (χ2v) is 7.42. The van der Waals surface area contributed by atoms with Gasteiger partial charge >= 0.3 is 0 Å². The fourth-order valence-corrected chi connectivity index (χ4v) is 3.90. The minimum Gasteiger partial charge on any atom is -0.340 e. The number of aromatic nitrogens is 1. The molecule has 0 saturated carbocycles. The highest BCUT2D eigenvalue weighted by Gasteiger charge is 2.22. The van der Waals surface area contributed by atoms with Crippen molar-refractivity contribution in [2.45, 2.75) is 32.6 Å². The number of carbonyl (C=O) groups excluding carboxylic acids is 1. The van der Waals surface area contributed by atoms with Crippen LogP contribution in [-0.4, -0.2) is 28.9 Å². The molecule has 29 heavy (non-hydrogen) atoms. The molecular weight excluding hydrogens is 372 g/mol. The number of rotatable bonds is 4. The van der Waals surface area contributed by atoms with E-state index in [9.17, 15) is 13.6 Å². The number of anilines is 2. The minimum absolute atomic E-state index is 0.00254. The first-order valence-electron chi connectivity index (χ1n) is 9.87. The molecule has 1 saturated heterocycles. The van der Waals surface area contributed by atoms with Crippen LogP contribution in [0.15, 0.2) is 48.7 Å². The molecule has 2 aromatic carbocycles. The van der Waals surface area contributed by atoms with Crippen molar-refractivity contribution in [3.05, 3.63) is 65.4 Å². The number of hydrogen-bond acceptors (Lipinski definition) is 3. The van der Waals surface area contributed by atoms with Crippen LogP contribution >= 0.6 is 0 Å². The predicted molar refractivity (Wildman–Crippen MR) is 111 cm³/mol. The Kier molecular flexibility index (Phi) is 5.43. The van der Waals surface area contributed by atoms with Crippen LogP contribution < -0.4 is 5.32 Å². The van der Waals surface area contributed by atoms with E-state index in [2.05, 4.69) is 10.3 Å². The van der Waals surface area contributed by atoms with Gasteiger partial charge in [0.05, 0.1) is 5.56 Å². The second-order valence-electron chi connectivity index (χ2n) is 7.42. The van der Waals surface area contributed by atoms with Gasteiger partial charge in [-0.15, -0.1) is 0 Å². The smallest absolute Gasteiger partial charge is 0.263 e. The van der Waals surface area contributed by atoms with Gasteiger partial charge in [-0.05, 0) is 43.9 Å². The number of likely N-dealkylation sites (tertiary alicyclic amines) is 1. The Morgan fingerprint density at radius 1 is 1.10 bits per heavy atom. The SMILES string of the molecule is Cc1cccc2c(Nc3cccc(C(F)F)c3)ncc(C(=O)N3CCCCC3)c12. The van der Waals surface area contributed by atoms with Gasteiger partial charge in [-0.3, -0.25) is 4.79 Å². The number of benzene rings is 2. The van der Waals surface area contributed by atoms with Crippen molar-refractivity contribution in [1.82, 2.24) is 9.88 Å². The summed E-state index contributed by atoms with van der Waals surface area (Å²) in [6.45, 7) is 3.51. The largest absolute Gasteiger partial charge is 0.340 e.